The Hall–Kier alpha value is -1.95. The quantitative estimate of drug-likeness (QED) is 0.765. The summed E-state index contributed by atoms with van der Waals surface area (Å²) in [5.74, 6) is 0.564. The molecule has 1 fully saturated rings. The molecule has 19 heavy (non-hydrogen) atoms. The lowest BCUT2D eigenvalue weighted by molar-refractivity contribution is 0.0588. The highest BCUT2D eigenvalue weighted by atomic mass is 16.5. The zero-order valence-corrected chi connectivity index (χ0v) is 10.7. The summed E-state index contributed by atoms with van der Waals surface area (Å²) in [6.07, 6.45) is 2.00. The van der Waals surface area contributed by atoms with E-state index in [-0.39, 0.29) is 11.9 Å². The number of pyridine rings is 1. The second kappa shape index (κ2) is 4.97. The number of hydrogen-bond acceptors (Lipinski definition) is 5. The number of hydrogen-bond donors (Lipinski definition) is 0. The van der Waals surface area contributed by atoms with Gasteiger partial charge in [0.05, 0.1) is 13.7 Å². The van der Waals surface area contributed by atoms with E-state index in [9.17, 15) is 4.79 Å². The number of fused-ring (bicyclic) bond motifs is 1. The average Bonchev–Trinajstić information content (AvgIpc) is 2.91. The molecule has 3 heterocycles. The Kier molecular flexibility index (Phi) is 3.16. The van der Waals surface area contributed by atoms with Crippen molar-refractivity contribution < 1.29 is 14.3 Å². The second-order valence-corrected chi connectivity index (χ2v) is 4.57. The van der Waals surface area contributed by atoms with E-state index < -0.39 is 0 Å². The van der Waals surface area contributed by atoms with Crippen molar-refractivity contribution in [1.29, 1.82) is 0 Å². The van der Waals surface area contributed by atoms with Crippen LogP contribution in [-0.2, 0) is 9.47 Å². The van der Waals surface area contributed by atoms with Crippen molar-refractivity contribution in [2.75, 3.05) is 20.3 Å². The Labute approximate surface area is 110 Å². The summed E-state index contributed by atoms with van der Waals surface area (Å²) in [6, 6.07) is 5.32. The molecule has 0 N–H and O–H groups in total. The second-order valence-electron chi connectivity index (χ2n) is 4.57. The summed E-state index contributed by atoms with van der Waals surface area (Å²) < 4.78 is 12.1. The molecule has 1 aliphatic rings. The van der Waals surface area contributed by atoms with Gasteiger partial charge in [-0.2, -0.15) is 0 Å². The molecular formula is C13H15N3O3. The van der Waals surface area contributed by atoms with E-state index in [1.807, 2.05) is 6.07 Å². The van der Waals surface area contributed by atoms with Crippen molar-refractivity contribution in [2.24, 2.45) is 0 Å². The van der Waals surface area contributed by atoms with Crippen molar-refractivity contribution in [3.63, 3.8) is 0 Å². The Bertz CT molecular complexity index is 602. The lowest BCUT2D eigenvalue weighted by Crippen LogP contribution is -2.19. The van der Waals surface area contributed by atoms with Crippen LogP contribution in [0.1, 0.15) is 35.1 Å². The van der Waals surface area contributed by atoms with E-state index in [0.29, 0.717) is 17.9 Å². The monoisotopic (exact) mass is 261 g/mol. The van der Waals surface area contributed by atoms with E-state index in [4.69, 9.17) is 9.47 Å². The van der Waals surface area contributed by atoms with E-state index in [0.717, 1.165) is 25.3 Å². The van der Waals surface area contributed by atoms with Crippen molar-refractivity contribution in [3.05, 3.63) is 29.7 Å². The van der Waals surface area contributed by atoms with Crippen LogP contribution >= 0.6 is 0 Å². The molecule has 2 aromatic heterocycles. The first-order chi connectivity index (χ1) is 9.31. The van der Waals surface area contributed by atoms with Gasteiger partial charge in [-0.15, -0.1) is 10.2 Å². The van der Waals surface area contributed by atoms with Gasteiger partial charge in [0.25, 0.3) is 0 Å². The molecule has 0 spiro atoms. The van der Waals surface area contributed by atoms with Crippen LogP contribution in [0.2, 0.25) is 0 Å². The summed E-state index contributed by atoms with van der Waals surface area (Å²) in [7, 11) is 1.37. The van der Waals surface area contributed by atoms with Crippen molar-refractivity contribution in [3.8, 4) is 0 Å². The van der Waals surface area contributed by atoms with Gasteiger partial charge >= 0.3 is 5.97 Å². The zero-order chi connectivity index (χ0) is 13.2. The Morgan fingerprint density at radius 3 is 3.11 bits per heavy atom. The molecule has 6 heteroatoms. The van der Waals surface area contributed by atoms with Crippen LogP contribution in [0.5, 0.6) is 0 Å². The minimum Gasteiger partial charge on any atom is -0.464 e. The van der Waals surface area contributed by atoms with Crippen LogP contribution in [0.15, 0.2) is 18.2 Å². The predicted octanol–water partition coefficient (Wildman–Crippen LogP) is 1.41. The summed E-state index contributed by atoms with van der Waals surface area (Å²) in [4.78, 5) is 11.8. The van der Waals surface area contributed by atoms with Gasteiger partial charge in [-0.3, -0.25) is 4.40 Å². The first-order valence-electron chi connectivity index (χ1n) is 6.31. The topological polar surface area (TPSA) is 65.7 Å². The number of methoxy groups -OCH3 is 1. The first-order valence-corrected chi connectivity index (χ1v) is 6.31. The summed E-state index contributed by atoms with van der Waals surface area (Å²) in [5.41, 5.74) is 1.11. The fourth-order valence-corrected chi connectivity index (χ4v) is 2.44. The van der Waals surface area contributed by atoms with Crippen LogP contribution in [0.4, 0.5) is 0 Å². The standard InChI is InChI=1S/C13H15N3O3/c1-18-13(17)10-5-2-6-11-14-15-12(16(10)11)9-4-3-7-19-8-9/h2,5-6,9H,3-4,7-8H2,1H3. The maximum atomic E-state index is 11.8. The van der Waals surface area contributed by atoms with Gasteiger partial charge in [0.15, 0.2) is 5.65 Å². The fourth-order valence-electron chi connectivity index (χ4n) is 2.44. The molecule has 1 atom stereocenters. The molecule has 0 aromatic carbocycles. The highest BCUT2D eigenvalue weighted by Crippen LogP contribution is 2.25. The lowest BCUT2D eigenvalue weighted by atomic mass is 10.0. The minimum atomic E-state index is -0.386. The molecule has 2 aromatic rings. The van der Waals surface area contributed by atoms with Crippen LogP contribution < -0.4 is 0 Å². The first kappa shape index (κ1) is 12.1. The molecular weight excluding hydrogens is 246 g/mol. The van der Waals surface area contributed by atoms with Gasteiger partial charge < -0.3 is 9.47 Å². The summed E-state index contributed by atoms with van der Waals surface area (Å²) in [5, 5.41) is 8.34. The predicted molar refractivity (Wildman–Crippen MR) is 67.1 cm³/mol. The molecule has 0 aliphatic carbocycles. The third kappa shape index (κ3) is 2.08. The molecule has 100 valence electrons. The van der Waals surface area contributed by atoms with Crippen LogP contribution in [0.25, 0.3) is 5.65 Å². The number of ether oxygens (including phenoxy) is 2. The summed E-state index contributed by atoms with van der Waals surface area (Å²) in [6.45, 7) is 1.41. The molecule has 3 rings (SSSR count). The Morgan fingerprint density at radius 1 is 1.47 bits per heavy atom. The van der Waals surface area contributed by atoms with Crippen LogP contribution in [-0.4, -0.2) is 40.9 Å². The number of carbonyl (C=O) groups is 1. The van der Waals surface area contributed by atoms with E-state index in [1.165, 1.54) is 7.11 Å². The smallest absolute Gasteiger partial charge is 0.355 e. The van der Waals surface area contributed by atoms with Gasteiger partial charge in [0, 0.05) is 12.5 Å². The Morgan fingerprint density at radius 2 is 2.37 bits per heavy atom. The largest absolute Gasteiger partial charge is 0.464 e. The highest BCUT2D eigenvalue weighted by Gasteiger charge is 2.24. The molecule has 0 saturated carbocycles. The molecule has 1 unspecified atom stereocenters. The normalized spacial score (nSPS) is 19.5. The van der Waals surface area contributed by atoms with Gasteiger partial charge in [0.2, 0.25) is 0 Å². The third-order valence-corrected chi connectivity index (χ3v) is 3.37. The fraction of sp³-hybridized carbons (Fsp3) is 0.462. The number of esters is 1. The maximum absolute atomic E-state index is 11.8. The Balaban J connectivity index is 2.11. The van der Waals surface area contributed by atoms with Crippen LogP contribution in [0.3, 0.4) is 0 Å². The highest BCUT2D eigenvalue weighted by molar-refractivity contribution is 5.88. The van der Waals surface area contributed by atoms with Crippen LogP contribution in [0, 0.1) is 0 Å². The zero-order valence-electron chi connectivity index (χ0n) is 10.7. The minimum absolute atomic E-state index is 0.176. The molecule has 1 aliphatic heterocycles. The lowest BCUT2D eigenvalue weighted by Gasteiger charge is -2.20. The molecule has 0 amide bonds. The molecule has 1 saturated heterocycles. The van der Waals surface area contributed by atoms with Gasteiger partial charge in [-0.25, -0.2) is 4.79 Å². The van der Waals surface area contributed by atoms with Crippen molar-refractivity contribution in [2.45, 2.75) is 18.8 Å². The maximum Gasteiger partial charge on any atom is 0.355 e. The van der Waals surface area contributed by atoms with Gasteiger partial charge in [-0.1, -0.05) is 6.07 Å². The number of carbonyl (C=O) groups excluding carboxylic acids is 1. The summed E-state index contributed by atoms with van der Waals surface area (Å²) >= 11 is 0. The van der Waals surface area contributed by atoms with Gasteiger partial charge in [0.1, 0.15) is 11.5 Å². The van der Waals surface area contributed by atoms with E-state index in [2.05, 4.69) is 10.2 Å². The van der Waals surface area contributed by atoms with Gasteiger partial charge in [-0.05, 0) is 25.0 Å². The molecule has 0 bridgehead atoms. The number of nitrogens with zero attached hydrogens (tertiary/aromatic N) is 3. The number of rotatable bonds is 2. The third-order valence-electron chi connectivity index (χ3n) is 3.37. The van der Waals surface area contributed by atoms with Crippen molar-refractivity contribution >= 4 is 11.6 Å². The van der Waals surface area contributed by atoms with E-state index in [1.54, 1.807) is 16.5 Å². The molecule has 6 nitrogen and oxygen atoms in total. The SMILES string of the molecule is COC(=O)c1cccc2nnc(C3CCCOC3)n12. The average molecular weight is 261 g/mol. The van der Waals surface area contributed by atoms with E-state index >= 15 is 0 Å². The van der Waals surface area contributed by atoms with Crippen molar-refractivity contribution in [1.82, 2.24) is 14.6 Å². The molecule has 0 radical (unpaired) electrons. The number of aromatic nitrogens is 3.